The second kappa shape index (κ2) is 7.56. The number of nitrogens with one attached hydrogen (secondary N) is 1. The molecule has 114 valence electrons. The van der Waals surface area contributed by atoms with E-state index >= 15 is 0 Å². The summed E-state index contributed by atoms with van der Waals surface area (Å²) in [7, 11) is 0. The zero-order valence-corrected chi connectivity index (χ0v) is 12.3. The number of carbonyl (C=O) groups excluding carboxylic acids is 1. The molecular formula is C15H13FN2O3S. The number of hydrogen-bond acceptors (Lipinski definition) is 4. The van der Waals surface area contributed by atoms with Crippen LogP contribution >= 0.6 is 11.8 Å². The Hall–Kier alpha value is -2.41. The van der Waals surface area contributed by atoms with E-state index in [1.54, 1.807) is 24.3 Å². The number of non-ortho nitro benzene ring substituents is 1. The zero-order valence-electron chi connectivity index (χ0n) is 11.5. The molecule has 0 saturated carbocycles. The summed E-state index contributed by atoms with van der Waals surface area (Å²) >= 11 is 1.28. The first kappa shape index (κ1) is 16.0. The van der Waals surface area contributed by atoms with Crippen molar-refractivity contribution in [2.75, 3.05) is 5.75 Å². The molecule has 0 saturated heterocycles. The number of carbonyl (C=O) groups is 1. The van der Waals surface area contributed by atoms with Crippen molar-refractivity contribution in [3.05, 3.63) is 70.0 Å². The predicted octanol–water partition coefficient (Wildman–Crippen LogP) is 3.14. The molecule has 0 aromatic heterocycles. The van der Waals surface area contributed by atoms with E-state index in [9.17, 15) is 19.3 Å². The standard InChI is InChI=1S/C15H13FN2O3S/c16-12-3-1-2-11(8-12)9-17-15(19)10-22-14-6-4-13(5-7-14)18(20)21/h1-8H,9-10H2,(H,17,19). The smallest absolute Gasteiger partial charge is 0.269 e. The van der Waals surface area contributed by atoms with Crippen LogP contribution in [-0.2, 0) is 11.3 Å². The predicted molar refractivity (Wildman–Crippen MR) is 82.1 cm³/mol. The summed E-state index contributed by atoms with van der Waals surface area (Å²) in [6.45, 7) is 0.261. The van der Waals surface area contributed by atoms with Gasteiger partial charge in [0.05, 0.1) is 10.7 Å². The van der Waals surface area contributed by atoms with E-state index in [1.807, 2.05) is 0 Å². The molecule has 0 bridgehead atoms. The normalized spacial score (nSPS) is 10.2. The lowest BCUT2D eigenvalue weighted by molar-refractivity contribution is -0.384. The third-order valence-corrected chi connectivity index (χ3v) is 3.81. The highest BCUT2D eigenvalue weighted by atomic mass is 32.2. The first-order valence-corrected chi connectivity index (χ1v) is 7.41. The van der Waals surface area contributed by atoms with Gasteiger partial charge in [-0.3, -0.25) is 14.9 Å². The van der Waals surface area contributed by atoms with E-state index in [2.05, 4.69) is 5.32 Å². The number of thioether (sulfide) groups is 1. The lowest BCUT2D eigenvalue weighted by Crippen LogP contribution is -2.24. The molecule has 22 heavy (non-hydrogen) atoms. The van der Waals surface area contributed by atoms with Gasteiger partial charge in [-0.05, 0) is 29.8 Å². The lowest BCUT2D eigenvalue weighted by Gasteiger charge is -2.05. The van der Waals surface area contributed by atoms with Gasteiger partial charge in [0.15, 0.2) is 0 Å². The van der Waals surface area contributed by atoms with E-state index in [1.165, 1.54) is 36.0 Å². The van der Waals surface area contributed by atoms with Gasteiger partial charge < -0.3 is 5.32 Å². The minimum Gasteiger partial charge on any atom is -0.351 e. The molecule has 0 atom stereocenters. The van der Waals surface area contributed by atoms with Crippen LogP contribution in [0, 0.1) is 15.9 Å². The average molecular weight is 320 g/mol. The molecule has 1 amide bonds. The maximum absolute atomic E-state index is 13.0. The lowest BCUT2D eigenvalue weighted by atomic mass is 10.2. The van der Waals surface area contributed by atoms with Crippen LogP contribution < -0.4 is 5.32 Å². The molecule has 0 spiro atoms. The SMILES string of the molecule is O=C(CSc1ccc([N+](=O)[O-])cc1)NCc1cccc(F)c1. The molecule has 0 heterocycles. The van der Waals surface area contributed by atoms with Crippen LogP contribution in [0.25, 0.3) is 0 Å². The van der Waals surface area contributed by atoms with Gasteiger partial charge in [0.1, 0.15) is 5.82 Å². The number of rotatable bonds is 6. The van der Waals surface area contributed by atoms with Crippen LogP contribution in [0.1, 0.15) is 5.56 Å². The molecule has 0 radical (unpaired) electrons. The Balaban J connectivity index is 1.79. The van der Waals surface area contributed by atoms with Crippen molar-refractivity contribution in [2.24, 2.45) is 0 Å². The highest BCUT2D eigenvalue weighted by Crippen LogP contribution is 2.21. The second-order valence-corrected chi connectivity index (χ2v) is 5.50. The monoisotopic (exact) mass is 320 g/mol. The van der Waals surface area contributed by atoms with Crippen LogP contribution in [-0.4, -0.2) is 16.6 Å². The van der Waals surface area contributed by atoms with Crippen molar-refractivity contribution < 1.29 is 14.1 Å². The van der Waals surface area contributed by atoms with Crippen LogP contribution in [0.2, 0.25) is 0 Å². The minimum atomic E-state index is -0.472. The number of nitro groups is 1. The Bertz CT molecular complexity index is 677. The Morgan fingerprint density at radius 3 is 2.59 bits per heavy atom. The summed E-state index contributed by atoms with van der Waals surface area (Å²) in [5.74, 6) is -0.341. The van der Waals surface area contributed by atoms with E-state index in [0.717, 1.165) is 4.90 Å². The first-order chi connectivity index (χ1) is 10.5. The van der Waals surface area contributed by atoms with Gasteiger partial charge in [0, 0.05) is 23.6 Å². The fraction of sp³-hybridized carbons (Fsp3) is 0.133. The minimum absolute atomic E-state index is 0.0138. The van der Waals surface area contributed by atoms with Crippen LogP contribution in [0.5, 0.6) is 0 Å². The van der Waals surface area contributed by atoms with Crippen LogP contribution in [0.3, 0.4) is 0 Å². The molecule has 2 aromatic rings. The molecular weight excluding hydrogens is 307 g/mol. The van der Waals surface area contributed by atoms with Crippen molar-refractivity contribution >= 4 is 23.4 Å². The summed E-state index contributed by atoms with van der Waals surface area (Å²) in [4.78, 5) is 22.5. The van der Waals surface area contributed by atoms with E-state index in [0.29, 0.717) is 5.56 Å². The van der Waals surface area contributed by atoms with E-state index < -0.39 is 4.92 Å². The van der Waals surface area contributed by atoms with Crippen molar-refractivity contribution in [3.63, 3.8) is 0 Å². The highest BCUT2D eigenvalue weighted by Gasteiger charge is 2.06. The largest absolute Gasteiger partial charge is 0.351 e. The Kier molecular flexibility index (Phi) is 5.48. The first-order valence-electron chi connectivity index (χ1n) is 6.43. The number of nitrogens with zero attached hydrogens (tertiary/aromatic N) is 1. The summed E-state index contributed by atoms with van der Waals surface area (Å²) in [6, 6.07) is 12.0. The zero-order chi connectivity index (χ0) is 15.9. The Labute approximate surface area is 130 Å². The van der Waals surface area contributed by atoms with Gasteiger partial charge in [-0.15, -0.1) is 11.8 Å². The second-order valence-electron chi connectivity index (χ2n) is 4.45. The maximum atomic E-state index is 13.0. The third kappa shape index (κ3) is 4.85. The molecule has 2 aromatic carbocycles. The van der Waals surface area contributed by atoms with Crippen molar-refractivity contribution in [2.45, 2.75) is 11.4 Å². The van der Waals surface area contributed by atoms with Crippen LogP contribution in [0.15, 0.2) is 53.4 Å². The summed E-state index contributed by atoms with van der Waals surface area (Å²) < 4.78 is 13.0. The van der Waals surface area contributed by atoms with E-state index in [4.69, 9.17) is 0 Å². The van der Waals surface area contributed by atoms with Gasteiger partial charge in [-0.25, -0.2) is 4.39 Å². The van der Waals surface area contributed by atoms with E-state index in [-0.39, 0.29) is 29.7 Å². The molecule has 2 rings (SSSR count). The molecule has 0 unspecified atom stereocenters. The third-order valence-electron chi connectivity index (χ3n) is 2.80. The van der Waals surface area contributed by atoms with Gasteiger partial charge in [0.2, 0.25) is 5.91 Å². The maximum Gasteiger partial charge on any atom is 0.269 e. The number of amides is 1. The fourth-order valence-electron chi connectivity index (χ4n) is 1.71. The summed E-state index contributed by atoms with van der Waals surface area (Å²) in [6.07, 6.45) is 0. The van der Waals surface area contributed by atoms with Crippen LogP contribution in [0.4, 0.5) is 10.1 Å². The Morgan fingerprint density at radius 1 is 1.23 bits per heavy atom. The highest BCUT2D eigenvalue weighted by molar-refractivity contribution is 8.00. The molecule has 7 heteroatoms. The number of halogens is 1. The van der Waals surface area contributed by atoms with Crippen molar-refractivity contribution in [3.8, 4) is 0 Å². The number of benzene rings is 2. The fourth-order valence-corrected chi connectivity index (χ4v) is 2.44. The van der Waals surface area contributed by atoms with Gasteiger partial charge in [-0.1, -0.05) is 12.1 Å². The summed E-state index contributed by atoms with van der Waals surface area (Å²) in [5.41, 5.74) is 0.702. The van der Waals surface area contributed by atoms with Gasteiger partial charge in [-0.2, -0.15) is 0 Å². The molecule has 5 nitrogen and oxygen atoms in total. The quantitative estimate of drug-likeness (QED) is 0.504. The molecule has 0 aliphatic heterocycles. The topological polar surface area (TPSA) is 72.2 Å². The summed E-state index contributed by atoms with van der Waals surface area (Å²) in [5, 5.41) is 13.2. The number of hydrogen-bond donors (Lipinski definition) is 1. The van der Waals surface area contributed by atoms with Gasteiger partial charge in [0.25, 0.3) is 5.69 Å². The molecule has 0 aliphatic rings. The van der Waals surface area contributed by atoms with Gasteiger partial charge >= 0.3 is 0 Å². The Morgan fingerprint density at radius 2 is 1.95 bits per heavy atom. The average Bonchev–Trinajstić information content (AvgIpc) is 2.51. The molecule has 1 N–H and O–H groups in total. The van der Waals surface area contributed by atoms with Crippen molar-refractivity contribution in [1.82, 2.24) is 5.32 Å². The molecule has 0 aliphatic carbocycles. The number of nitro benzene ring substituents is 1. The van der Waals surface area contributed by atoms with Crippen molar-refractivity contribution in [1.29, 1.82) is 0 Å². The molecule has 0 fully saturated rings.